The molecular weight excluding hydrogens is 419 g/mol. The van der Waals surface area contributed by atoms with Crippen molar-refractivity contribution in [1.29, 1.82) is 5.26 Å². The number of fused-ring (bicyclic) bond motifs is 1. The number of anilines is 3. The van der Waals surface area contributed by atoms with Crippen LogP contribution in [0, 0.1) is 29.3 Å². The third-order valence-corrected chi connectivity index (χ3v) is 5.68. The zero-order valence-corrected chi connectivity index (χ0v) is 17.7. The highest BCUT2D eigenvalue weighted by Crippen LogP contribution is 2.40. The second-order valence-electron chi connectivity index (χ2n) is 7.26. The highest BCUT2D eigenvalue weighted by atomic mass is 35.5. The Labute approximate surface area is 183 Å². The first-order valence-corrected chi connectivity index (χ1v) is 10.0. The number of aryl methyl sites for hydroxylation is 2. The summed E-state index contributed by atoms with van der Waals surface area (Å²) < 4.78 is 14.6. The molecule has 0 radical (unpaired) electrons. The van der Waals surface area contributed by atoms with Crippen LogP contribution in [-0.4, -0.2) is 12.6 Å². The van der Waals surface area contributed by atoms with Gasteiger partial charge in [-0.3, -0.25) is 9.69 Å². The van der Waals surface area contributed by atoms with Gasteiger partial charge in [0, 0.05) is 17.3 Å². The lowest BCUT2D eigenvalue weighted by molar-refractivity contribution is -0.605. The van der Waals surface area contributed by atoms with Gasteiger partial charge < -0.3 is 10.1 Å². The lowest BCUT2D eigenvalue weighted by Gasteiger charge is -2.39. The Morgan fingerprint density at radius 3 is 2.65 bits per heavy atom. The fraction of sp³-hybridized carbons (Fsp3) is 0.174. The lowest BCUT2D eigenvalue weighted by atomic mass is 10.0. The van der Waals surface area contributed by atoms with E-state index in [0.717, 1.165) is 11.3 Å². The van der Waals surface area contributed by atoms with Gasteiger partial charge in [0.1, 0.15) is 18.6 Å². The van der Waals surface area contributed by atoms with Crippen LogP contribution in [0.1, 0.15) is 34.0 Å². The summed E-state index contributed by atoms with van der Waals surface area (Å²) in [4.78, 5) is 16.8. The van der Waals surface area contributed by atoms with Crippen molar-refractivity contribution in [3.8, 4) is 6.07 Å². The molecule has 0 saturated heterocycles. The van der Waals surface area contributed by atoms with Gasteiger partial charge in [0.2, 0.25) is 0 Å². The number of nitrogens with zero attached hydrogens (tertiary/aromatic N) is 4. The van der Waals surface area contributed by atoms with E-state index in [1.165, 1.54) is 30.6 Å². The molecule has 1 amide bonds. The molecule has 31 heavy (non-hydrogen) atoms. The summed E-state index contributed by atoms with van der Waals surface area (Å²) in [6, 6.07) is 11.2. The van der Waals surface area contributed by atoms with Crippen LogP contribution >= 0.6 is 11.6 Å². The van der Waals surface area contributed by atoms with E-state index in [1.807, 2.05) is 17.9 Å². The van der Waals surface area contributed by atoms with E-state index >= 15 is 0 Å². The maximum atomic E-state index is 13.9. The highest BCUT2D eigenvalue weighted by Gasteiger charge is 2.34. The molecule has 0 N–H and O–H groups in total. The van der Waals surface area contributed by atoms with Crippen LogP contribution in [0.5, 0.6) is 0 Å². The molecule has 156 valence electrons. The van der Waals surface area contributed by atoms with Gasteiger partial charge in [-0.15, -0.1) is 0 Å². The molecule has 0 unspecified atom stereocenters. The Hall–Kier alpha value is -3.63. The van der Waals surface area contributed by atoms with E-state index in [1.54, 1.807) is 30.0 Å². The van der Waals surface area contributed by atoms with E-state index in [9.17, 15) is 19.7 Å². The quantitative estimate of drug-likeness (QED) is 0.444. The van der Waals surface area contributed by atoms with Crippen LogP contribution in [-0.2, 0) is 6.42 Å². The maximum Gasteiger partial charge on any atom is 0.261 e. The molecule has 1 aliphatic rings. The Kier molecular flexibility index (Phi) is 5.25. The number of aromatic nitrogens is 1. The summed E-state index contributed by atoms with van der Waals surface area (Å²) in [5, 5.41) is 21.3. The molecule has 0 bridgehead atoms. The minimum Gasteiger partial charge on any atom is -0.619 e. The number of carbonyl (C=O) groups excluding carboxylic acids is 1. The SMILES string of the molecule is CCc1cc(F)ccc1N1CN(c2cc[n+]([O-])cc2C)C(=O)c2cc(Cl)c(C#N)cc21. The molecule has 1 aromatic heterocycles. The van der Waals surface area contributed by atoms with E-state index in [-0.39, 0.29) is 29.0 Å². The van der Waals surface area contributed by atoms with Crippen LogP contribution in [0.25, 0.3) is 0 Å². The molecule has 4 rings (SSSR count). The summed E-state index contributed by atoms with van der Waals surface area (Å²) in [5.74, 6) is -0.650. The summed E-state index contributed by atoms with van der Waals surface area (Å²) in [7, 11) is 0. The molecule has 0 fully saturated rings. The highest BCUT2D eigenvalue weighted by molar-refractivity contribution is 6.32. The van der Waals surface area contributed by atoms with Crippen molar-refractivity contribution < 1.29 is 13.9 Å². The van der Waals surface area contributed by atoms with Crippen molar-refractivity contribution in [1.82, 2.24) is 0 Å². The van der Waals surface area contributed by atoms with Gasteiger partial charge in [0.05, 0.1) is 27.5 Å². The van der Waals surface area contributed by atoms with Crippen LogP contribution in [0.3, 0.4) is 0 Å². The summed E-state index contributed by atoms with van der Waals surface area (Å²) in [5.41, 5.74) is 3.78. The minimum atomic E-state index is -0.349. The standard InChI is InChI=1S/C23H18ClFN4O2/c1-3-15-8-17(25)4-5-21(15)28-13-29(20-6-7-27(31)12-14(20)2)23(30)18-10-19(24)16(11-26)9-22(18)28/h4-10,12H,3,13H2,1-2H3. The fourth-order valence-electron chi connectivity index (χ4n) is 3.84. The first-order chi connectivity index (χ1) is 14.8. The number of hydrogen-bond acceptors (Lipinski definition) is 4. The first-order valence-electron chi connectivity index (χ1n) is 9.65. The second kappa shape index (κ2) is 7.89. The number of rotatable bonds is 3. The number of benzene rings is 2. The molecule has 1 aliphatic heterocycles. The Bertz CT molecular complexity index is 1260. The minimum absolute atomic E-state index is 0.126. The second-order valence-corrected chi connectivity index (χ2v) is 7.67. The van der Waals surface area contributed by atoms with Gasteiger partial charge in [-0.05, 0) is 49.2 Å². The number of pyridine rings is 1. The molecule has 2 heterocycles. The largest absolute Gasteiger partial charge is 0.619 e. The maximum absolute atomic E-state index is 13.9. The molecule has 0 saturated carbocycles. The number of carbonyl (C=O) groups is 1. The third-order valence-electron chi connectivity index (χ3n) is 5.36. The van der Waals surface area contributed by atoms with Crippen molar-refractivity contribution in [3.05, 3.63) is 87.1 Å². The smallest absolute Gasteiger partial charge is 0.261 e. The van der Waals surface area contributed by atoms with Crippen LogP contribution in [0.15, 0.2) is 48.8 Å². The molecule has 0 atom stereocenters. The molecule has 0 aliphatic carbocycles. The fourth-order valence-corrected chi connectivity index (χ4v) is 4.05. The van der Waals surface area contributed by atoms with Gasteiger partial charge in [-0.2, -0.15) is 9.99 Å². The number of hydrogen-bond donors (Lipinski definition) is 0. The third kappa shape index (κ3) is 3.56. The van der Waals surface area contributed by atoms with E-state index in [0.29, 0.717) is 33.7 Å². The van der Waals surface area contributed by atoms with Gasteiger partial charge in [0.15, 0.2) is 12.4 Å². The molecule has 8 heteroatoms. The van der Waals surface area contributed by atoms with Gasteiger partial charge in [-0.1, -0.05) is 18.5 Å². The Morgan fingerprint density at radius 2 is 1.97 bits per heavy atom. The van der Waals surface area contributed by atoms with Crippen LogP contribution in [0.2, 0.25) is 5.02 Å². The van der Waals surface area contributed by atoms with Crippen molar-refractivity contribution in [2.75, 3.05) is 16.5 Å². The monoisotopic (exact) mass is 436 g/mol. The zero-order chi connectivity index (χ0) is 22.3. The normalized spacial score (nSPS) is 13.2. The van der Waals surface area contributed by atoms with Gasteiger partial charge in [0.25, 0.3) is 5.91 Å². The lowest BCUT2D eigenvalue weighted by Crippen LogP contribution is -2.46. The summed E-state index contributed by atoms with van der Waals surface area (Å²) >= 11 is 6.24. The molecule has 0 spiro atoms. The van der Waals surface area contributed by atoms with E-state index in [4.69, 9.17) is 11.6 Å². The summed E-state index contributed by atoms with van der Waals surface area (Å²) in [6.07, 6.45) is 3.30. The van der Waals surface area contributed by atoms with Crippen LogP contribution in [0.4, 0.5) is 21.5 Å². The number of halogens is 2. The summed E-state index contributed by atoms with van der Waals surface area (Å²) in [6.45, 7) is 3.79. The Morgan fingerprint density at radius 1 is 1.19 bits per heavy atom. The van der Waals surface area contributed by atoms with Gasteiger partial charge >= 0.3 is 0 Å². The molecule has 2 aromatic carbocycles. The van der Waals surface area contributed by atoms with E-state index in [2.05, 4.69) is 0 Å². The average Bonchev–Trinajstić information content (AvgIpc) is 2.74. The zero-order valence-electron chi connectivity index (χ0n) is 16.9. The van der Waals surface area contributed by atoms with Crippen molar-refractivity contribution in [2.24, 2.45) is 0 Å². The molecule has 3 aromatic rings. The first kappa shape index (κ1) is 20.6. The number of nitriles is 1. The van der Waals surface area contributed by atoms with Crippen molar-refractivity contribution in [2.45, 2.75) is 20.3 Å². The Balaban J connectivity index is 1.95. The topological polar surface area (TPSA) is 74.3 Å². The van der Waals surface area contributed by atoms with Crippen molar-refractivity contribution in [3.63, 3.8) is 0 Å². The van der Waals surface area contributed by atoms with Crippen LogP contribution < -0.4 is 14.5 Å². The molecular formula is C23H18ClFN4O2. The van der Waals surface area contributed by atoms with Gasteiger partial charge in [-0.25, -0.2) is 4.39 Å². The van der Waals surface area contributed by atoms with Crippen molar-refractivity contribution >= 4 is 34.6 Å². The average molecular weight is 437 g/mol. The molecule has 6 nitrogen and oxygen atoms in total. The predicted molar refractivity (Wildman–Crippen MR) is 116 cm³/mol. The number of amides is 1. The predicted octanol–water partition coefficient (Wildman–Crippen LogP) is 4.61. The van der Waals surface area contributed by atoms with E-state index < -0.39 is 0 Å².